The van der Waals surface area contributed by atoms with Gasteiger partial charge in [0.05, 0.1) is 6.54 Å². The van der Waals surface area contributed by atoms with E-state index >= 15 is 0 Å². The van der Waals surface area contributed by atoms with Gasteiger partial charge in [-0.15, -0.1) is 0 Å². The van der Waals surface area contributed by atoms with E-state index in [0.29, 0.717) is 12.5 Å². The van der Waals surface area contributed by atoms with E-state index in [1.807, 2.05) is 12.1 Å². The summed E-state index contributed by atoms with van der Waals surface area (Å²) in [5.41, 5.74) is 1.19. The number of carbonyl (C=O) groups excluding carboxylic acids is 1. The molecule has 1 aromatic carbocycles. The summed E-state index contributed by atoms with van der Waals surface area (Å²) in [6, 6.07) is 7.25. The maximum Gasteiger partial charge on any atom is 0.407 e. The molecule has 2 N–H and O–H groups in total. The van der Waals surface area contributed by atoms with Crippen molar-refractivity contribution in [1.29, 1.82) is 0 Å². The van der Waals surface area contributed by atoms with Crippen molar-refractivity contribution in [3.8, 4) is 5.75 Å². The minimum Gasteiger partial charge on any atom is -0.508 e. The molecule has 0 aromatic heterocycles. The maximum absolute atomic E-state index is 10.8. The normalized spacial score (nSPS) is 19.6. The molecule has 1 saturated heterocycles. The van der Waals surface area contributed by atoms with Crippen LogP contribution in [0.1, 0.15) is 38.7 Å². The molecule has 1 fully saturated rings. The fourth-order valence-electron chi connectivity index (χ4n) is 2.00. The van der Waals surface area contributed by atoms with Crippen LogP contribution < -0.4 is 5.32 Å². The third-order valence-corrected chi connectivity index (χ3v) is 3.13. The van der Waals surface area contributed by atoms with Gasteiger partial charge in [-0.05, 0) is 36.5 Å². The van der Waals surface area contributed by atoms with Gasteiger partial charge in [0.1, 0.15) is 11.9 Å². The van der Waals surface area contributed by atoms with Crippen LogP contribution in [0.15, 0.2) is 24.3 Å². The van der Waals surface area contributed by atoms with Crippen molar-refractivity contribution >= 4 is 6.09 Å². The highest BCUT2D eigenvalue weighted by molar-refractivity contribution is 5.69. The zero-order valence-electron chi connectivity index (χ0n) is 9.85. The second kappa shape index (κ2) is 6.28. The lowest BCUT2D eigenvalue weighted by Crippen LogP contribution is -2.15. The van der Waals surface area contributed by atoms with Crippen molar-refractivity contribution in [2.75, 3.05) is 6.54 Å². The van der Waals surface area contributed by atoms with E-state index in [4.69, 9.17) is 4.74 Å². The van der Waals surface area contributed by atoms with E-state index in [1.54, 1.807) is 12.1 Å². The SMILES string of the molecule is C.C[C@H](CC[C@@H]1CNC(=O)O1)c1ccc(O)cc1. The number of hydrogen-bond donors (Lipinski definition) is 2. The van der Waals surface area contributed by atoms with Crippen LogP contribution in [0.5, 0.6) is 5.75 Å². The molecule has 1 aliphatic heterocycles. The van der Waals surface area contributed by atoms with Crippen molar-refractivity contribution in [3.05, 3.63) is 29.8 Å². The summed E-state index contributed by atoms with van der Waals surface area (Å²) in [6.07, 6.45) is 1.51. The molecule has 4 nitrogen and oxygen atoms in total. The number of benzene rings is 1. The number of hydrogen-bond acceptors (Lipinski definition) is 3. The third-order valence-electron chi connectivity index (χ3n) is 3.13. The summed E-state index contributed by atoms with van der Waals surface area (Å²) in [6.45, 7) is 2.75. The summed E-state index contributed by atoms with van der Waals surface area (Å²) < 4.78 is 5.08. The monoisotopic (exact) mass is 251 g/mol. The van der Waals surface area contributed by atoms with Crippen molar-refractivity contribution in [1.82, 2.24) is 5.32 Å². The number of amides is 1. The van der Waals surface area contributed by atoms with Crippen LogP contribution >= 0.6 is 0 Å². The Hall–Kier alpha value is -1.71. The molecule has 1 aliphatic rings. The average molecular weight is 251 g/mol. The highest BCUT2D eigenvalue weighted by Crippen LogP contribution is 2.24. The van der Waals surface area contributed by atoms with Crippen LogP contribution in [0.4, 0.5) is 4.79 Å². The number of phenolic OH excluding ortho intramolecular Hbond substituents is 1. The van der Waals surface area contributed by atoms with Gasteiger partial charge in [-0.1, -0.05) is 26.5 Å². The molecule has 0 radical (unpaired) electrons. The van der Waals surface area contributed by atoms with Crippen molar-refractivity contribution in [2.45, 2.75) is 39.2 Å². The topological polar surface area (TPSA) is 58.6 Å². The van der Waals surface area contributed by atoms with Gasteiger partial charge in [-0.3, -0.25) is 0 Å². The molecule has 0 spiro atoms. The Morgan fingerprint density at radius 1 is 1.44 bits per heavy atom. The number of nitrogens with one attached hydrogen (secondary N) is 1. The van der Waals surface area contributed by atoms with Gasteiger partial charge < -0.3 is 15.2 Å². The predicted octanol–water partition coefficient (Wildman–Crippen LogP) is 3.02. The first-order valence-electron chi connectivity index (χ1n) is 5.88. The molecule has 1 heterocycles. The Balaban J connectivity index is 0.00000162. The lowest BCUT2D eigenvalue weighted by Gasteiger charge is -2.14. The van der Waals surface area contributed by atoms with Crippen molar-refractivity contribution < 1.29 is 14.6 Å². The lowest BCUT2D eigenvalue weighted by molar-refractivity contribution is 0.133. The van der Waals surface area contributed by atoms with E-state index in [2.05, 4.69) is 12.2 Å². The molecule has 4 heteroatoms. The Bertz CT molecular complexity index is 389. The second-order valence-corrected chi connectivity index (χ2v) is 4.48. The summed E-state index contributed by atoms with van der Waals surface area (Å²) in [5, 5.41) is 11.9. The molecule has 0 aliphatic carbocycles. The van der Waals surface area contributed by atoms with Crippen LogP contribution in [0.25, 0.3) is 0 Å². The van der Waals surface area contributed by atoms with E-state index in [0.717, 1.165) is 12.8 Å². The zero-order valence-corrected chi connectivity index (χ0v) is 9.85. The molecule has 2 rings (SSSR count). The molecule has 0 saturated carbocycles. The third kappa shape index (κ3) is 3.65. The van der Waals surface area contributed by atoms with E-state index < -0.39 is 0 Å². The van der Waals surface area contributed by atoms with Crippen LogP contribution in [0.3, 0.4) is 0 Å². The van der Waals surface area contributed by atoms with Gasteiger partial charge in [-0.25, -0.2) is 4.79 Å². The smallest absolute Gasteiger partial charge is 0.407 e. The molecule has 1 aromatic rings. The molecule has 100 valence electrons. The average Bonchev–Trinajstić information content (AvgIpc) is 2.73. The van der Waals surface area contributed by atoms with Gasteiger partial charge >= 0.3 is 6.09 Å². The number of rotatable bonds is 4. The van der Waals surface area contributed by atoms with Crippen molar-refractivity contribution in [2.24, 2.45) is 0 Å². The summed E-state index contributed by atoms with van der Waals surface area (Å²) in [5.74, 6) is 0.685. The number of ether oxygens (including phenoxy) is 1. The van der Waals surface area contributed by atoms with Crippen LogP contribution in [0.2, 0.25) is 0 Å². The minimum atomic E-state index is -0.313. The van der Waals surface area contributed by atoms with Crippen LogP contribution in [-0.2, 0) is 4.74 Å². The summed E-state index contributed by atoms with van der Waals surface area (Å²) in [4.78, 5) is 10.8. The standard InChI is InChI=1S/C13H17NO3.CH4/c1-9(10-3-5-11(15)6-4-10)2-7-12-8-14-13(16)17-12;/h3-6,9,12,15H,2,7-8H2,1H3,(H,14,16);1H4/t9-,12-;/m1./s1. The first kappa shape index (κ1) is 14.4. The van der Waals surface area contributed by atoms with Gasteiger partial charge in [-0.2, -0.15) is 0 Å². The number of cyclic esters (lactones) is 1. The van der Waals surface area contributed by atoms with Gasteiger partial charge in [0.2, 0.25) is 0 Å². The van der Waals surface area contributed by atoms with E-state index in [9.17, 15) is 9.90 Å². The summed E-state index contributed by atoms with van der Waals surface area (Å²) >= 11 is 0. The Morgan fingerprint density at radius 2 is 2.11 bits per heavy atom. The number of alkyl carbamates (subject to hydrolysis) is 1. The Kier molecular flexibility index (Phi) is 5.01. The predicted molar refractivity (Wildman–Crippen MR) is 70.8 cm³/mol. The summed E-state index contributed by atoms with van der Waals surface area (Å²) in [7, 11) is 0. The van der Waals surface area contributed by atoms with Gasteiger partial charge in [0, 0.05) is 0 Å². The molecule has 2 atom stereocenters. The first-order chi connectivity index (χ1) is 8.15. The molecular weight excluding hydrogens is 230 g/mol. The van der Waals surface area contributed by atoms with Crippen LogP contribution in [-0.4, -0.2) is 23.8 Å². The minimum absolute atomic E-state index is 0. The number of aromatic hydroxyl groups is 1. The maximum atomic E-state index is 10.8. The Morgan fingerprint density at radius 3 is 2.67 bits per heavy atom. The van der Waals surface area contributed by atoms with Crippen LogP contribution in [0, 0.1) is 0 Å². The molecule has 0 bridgehead atoms. The van der Waals surface area contributed by atoms with E-state index in [1.165, 1.54) is 5.56 Å². The largest absolute Gasteiger partial charge is 0.508 e. The quantitative estimate of drug-likeness (QED) is 0.864. The molecular formula is C14H21NO3. The van der Waals surface area contributed by atoms with E-state index in [-0.39, 0.29) is 25.4 Å². The highest BCUT2D eigenvalue weighted by Gasteiger charge is 2.22. The fraction of sp³-hybridized carbons (Fsp3) is 0.500. The fourth-order valence-corrected chi connectivity index (χ4v) is 2.00. The second-order valence-electron chi connectivity index (χ2n) is 4.48. The number of carbonyl (C=O) groups is 1. The van der Waals surface area contributed by atoms with Gasteiger partial charge in [0.15, 0.2) is 0 Å². The van der Waals surface area contributed by atoms with Gasteiger partial charge in [0.25, 0.3) is 0 Å². The Labute approximate surface area is 108 Å². The molecule has 0 unspecified atom stereocenters. The highest BCUT2D eigenvalue weighted by atomic mass is 16.6. The lowest BCUT2D eigenvalue weighted by atomic mass is 9.95. The zero-order chi connectivity index (χ0) is 12.3. The first-order valence-corrected chi connectivity index (χ1v) is 5.88. The molecule has 18 heavy (non-hydrogen) atoms. The van der Waals surface area contributed by atoms with Crippen molar-refractivity contribution in [3.63, 3.8) is 0 Å². The molecule has 1 amide bonds. The number of phenols is 1.